The van der Waals surface area contributed by atoms with Gasteiger partial charge in [0.2, 0.25) is 11.8 Å². The van der Waals surface area contributed by atoms with Gasteiger partial charge in [-0.05, 0) is 52.4 Å². The predicted octanol–water partition coefficient (Wildman–Crippen LogP) is 3.27. The molecule has 0 radical (unpaired) electrons. The third-order valence-corrected chi connectivity index (χ3v) is 10.7. The van der Waals surface area contributed by atoms with Gasteiger partial charge in [-0.25, -0.2) is 9.59 Å². The molecular weight excluding hydrogens is 602 g/mol. The number of allylic oxidation sites excluding steroid dienone is 1. The van der Waals surface area contributed by atoms with Crippen LogP contribution < -0.4 is 10.6 Å². The minimum absolute atomic E-state index is 0.0272. The second-order valence-electron chi connectivity index (χ2n) is 13.3. The van der Waals surface area contributed by atoms with Gasteiger partial charge in [0.05, 0.1) is 6.54 Å². The number of carbonyl (C=O) groups is 4. The molecule has 0 aliphatic carbocycles. The number of amides is 3. The van der Waals surface area contributed by atoms with Gasteiger partial charge < -0.3 is 25.4 Å². The number of hydrogen-bond acceptors (Lipinski definition) is 7. The number of hydrogen-bond donors (Lipinski definition) is 3. The highest BCUT2D eigenvalue weighted by molar-refractivity contribution is 7.86. The normalized spacial score (nSPS) is 21.4. The SMILES string of the molecule is CCCCC/C=C\[C@@](CC)(NC(=O)[C@@H]1CCCN1C(=O)CNC(=O)OC(CN1CCCN(C(C)C)S1(=O)=O)C(C)(C)C)C(=O)O. The topological polar surface area (TPSA) is 166 Å². The Kier molecular flexibility index (Phi) is 14.3. The Morgan fingerprint density at radius 2 is 1.73 bits per heavy atom. The van der Waals surface area contributed by atoms with Gasteiger partial charge in [0.15, 0.2) is 5.54 Å². The maximum Gasteiger partial charge on any atom is 0.407 e. The van der Waals surface area contributed by atoms with Gasteiger partial charge in [-0.3, -0.25) is 9.59 Å². The number of likely N-dealkylation sites (tertiary alicyclic amines) is 1. The lowest BCUT2D eigenvalue weighted by Gasteiger charge is -2.40. The zero-order valence-electron chi connectivity index (χ0n) is 28.1. The summed E-state index contributed by atoms with van der Waals surface area (Å²) >= 11 is 0. The van der Waals surface area contributed by atoms with Crippen LogP contribution >= 0.6 is 0 Å². The first-order valence-electron chi connectivity index (χ1n) is 16.2. The highest BCUT2D eigenvalue weighted by Crippen LogP contribution is 2.27. The second-order valence-corrected chi connectivity index (χ2v) is 15.2. The zero-order valence-corrected chi connectivity index (χ0v) is 29.0. The van der Waals surface area contributed by atoms with Crippen LogP contribution in [-0.2, 0) is 29.3 Å². The van der Waals surface area contributed by atoms with Crippen molar-refractivity contribution in [3.05, 3.63) is 12.2 Å². The van der Waals surface area contributed by atoms with Crippen molar-refractivity contribution >= 4 is 34.1 Å². The average molecular weight is 658 g/mol. The molecule has 0 saturated carbocycles. The van der Waals surface area contributed by atoms with E-state index in [1.54, 1.807) is 13.0 Å². The van der Waals surface area contributed by atoms with E-state index in [2.05, 4.69) is 17.6 Å². The first kappa shape index (κ1) is 38.5. The molecule has 13 nitrogen and oxygen atoms in total. The summed E-state index contributed by atoms with van der Waals surface area (Å²) in [7, 11) is -3.72. The van der Waals surface area contributed by atoms with Crippen LogP contribution in [0.5, 0.6) is 0 Å². The molecule has 2 aliphatic rings. The van der Waals surface area contributed by atoms with Crippen molar-refractivity contribution in [3.63, 3.8) is 0 Å². The predicted molar refractivity (Wildman–Crippen MR) is 171 cm³/mol. The van der Waals surface area contributed by atoms with Crippen molar-refractivity contribution in [1.82, 2.24) is 24.1 Å². The molecule has 3 atom stereocenters. The summed E-state index contributed by atoms with van der Waals surface area (Å²) in [6.07, 6.45) is 7.04. The van der Waals surface area contributed by atoms with Gasteiger partial charge in [-0.15, -0.1) is 0 Å². The number of alkyl carbamates (subject to hydrolysis) is 1. The maximum absolute atomic E-state index is 13.3. The van der Waals surface area contributed by atoms with Gasteiger partial charge in [0, 0.05) is 31.1 Å². The molecule has 3 N–H and O–H groups in total. The molecule has 2 fully saturated rings. The first-order chi connectivity index (χ1) is 21.0. The average Bonchev–Trinajstić information content (AvgIpc) is 3.45. The van der Waals surface area contributed by atoms with Crippen molar-refractivity contribution in [3.8, 4) is 0 Å². The maximum atomic E-state index is 13.3. The number of carbonyl (C=O) groups excluding carboxylic acids is 3. The number of aliphatic carboxylic acids is 1. The summed E-state index contributed by atoms with van der Waals surface area (Å²) in [6.45, 7) is 13.5. The van der Waals surface area contributed by atoms with E-state index in [0.717, 1.165) is 19.3 Å². The molecule has 0 bridgehead atoms. The lowest BCUT2D eigenvalue weighted by molar-refractivity contribution is -0.147. The van der Waals surface area contributed by atoms with Crippen molar-refractivity contribution in [2.75, 3.05) is 32.7 Å². The number of ether oxygens (including phenoxy) is 1. The molecule has 0 aromatic heterocycles. The number of nitrogens with zero attached hydrogens (tertiary/aromatic N) is 3. The molecule has 2 aliphatic heterocycles. The Bertz CT molecular complexity index is 1170. The van der Waals surface area contributed by atoms with E-state index >= 15 is 0 Å². The summed E-state index contributed by atoms with van der Waals surface area (Å²) in [5, 5.41) is 15.1. The van der Waals surface area contributed by atoms with Crippen LogP contribution in [-0.4, -0.2) is 107 Å². The van der Waals surface area contributed by atoms with E-state index < -0.39 is 63.7 Å². The highest BCUT2D eigenvalue weighted by atomic mass is 32.2. The van der Waals surface area contributed by atoms with E-state index in [4.69, 9.17) is 4.74 Å². The number of nitrogens with one attached hydrogen (secondary N) is 2. The summed E-state index contributed by atoms with van der Waals surface area (Å²) in [6, 6.07) is -1.07. The third kappa shape index (κ3) is 10.4. The van der Waals surface area contributed by atoms with Crippen LogP contribution in [0.2, 0.25) is 0 Å². The molecule has 3 amide bonds. The lowest BCUT2D eigenvalue weighted by Crippen LogP contribution is -2.58. The molecular formula is C31H55N5O8S. The minimum atomic E-state index is -3.72. The van der Waals surface area contributed by atoms with Crippen molar-refractivity contribution < 1.29 is 37.4 Å². The van der Waals surface area contributed by atoms with E-state index in [1.165, 1.54) is 19.6 Å². The van der Waals surface area contributed by atoms with Crippen LogP contribution in [0.1, 0.15) is 99.8 Å². The van der Waals surface area contributed by atoms with Crippen LogP contribution in [0, 0.1) is 5.41 Å². The largest absolute Gasteiger partial charge is 0.479 e. The van der Waals surface area contributed by atoms with E-state index in [9.17, 15) is 32.7 Å². The smallest absolute Gasteiger partial charge is 0.407 e. The fourth-order valence-corrected chi connectivity index (χ4v) is 7.42. The summed E-state index contributed by atoms with van der Waals surface area (Å²) in [5.74, 6) is -2.24. The van der Waals surface area contributed by atoms with Crippen LogP contribution in [0.3, 0.4) is 0 Å². The molecule has 2 rings (SSSR count). The van der Waals surface area contributed by atoms with E-state index in [1.807, 2.05) is 34.6 Å². The van der Waals surface area contributed by atoms with Crippen LogP contribution in [0.15, 0.2) is 12.2 Å². The van der Waals surface area contributed by atoms with Crippen molar-refractivity contribution in [2.24, 2.45) is 5.41 Å². The Morgan fingerprint density at radius 1 is 1.04 bits per heavy atom. The van der Waals surface area contributed by atoms with Crippen LogP contribution in [0.25, 0.3) is 0 Å². The third-order valence-electron chi connectivity index (χ3n) is 8.49. The highest BCUT2D eigenvalue weighted by Gasteiger charge is 2.42. The Morgan fingerprint density at radius 3 is 2.31 bits per heavy atom. The van der Waals surface area contributed by atoms with Crippen molar-refractivity contribution in [2.45, 2.75) is 124 Å². The monoisotopic (exact) mass is 657 g/mol. The van der Waals surface area contributed by atoms with Gasteiger partial charge in [0.1, 0.15) is 18.7 Å². The second kappa shape index (κ2) is 16.7. The number of carboxylic acid groups (broad SMARTS) is 1. The quantitative estimate of drug-likeness (QED) is 0.178. The molecule has 0 aromatic carbocycles. The molecule has 258 valence electrons. The van der Waals surface area contributed by atoms with Gasteiger partial charge in [-0.2, -0.15) is 17.0 Å². The molecule has 2 saturated heterocycles. The molecule has 1 unspecified atom stereocenters. The Labute approximate surface area is 269 Å². The van der Waals surface area contributed by atoms with E-state index in [-0.39, 0.29) is 25.6 Å². The van der Waals surface area contributed by atoms with Gasteiger partial charge in [-0.1, -0.05) is 59.6 Å². The first-order valence-corrected chi connectivity index (χ1v) is 17.6. The molecule has 2 heterocycles. The lowest BCUT2D eigenvalue weighted by atomic mass is 9.89. The van der Waals surface area contributed by atoms with E-state index in [0.29, 0.717) is 38.8 Å². The number of carboxylic acids is 1. The summed E-state index contributed by atoms with van der Waals surface area (Å²) < 4.78 is 34.8. The summed E-state index contributed by atoms with van der Waals surface area (Å²) in [4.78, 5) is 52.9. The Hall–Kier alpha value is -2.71. The fraction of sp³-hybridized carbons (Fsp3) is 0.806. The van der Waals surface area contributed by atoms with Crippen molar-refractivity contribution in [1.29, 1.82) is 0 Å². The number of unbranched alkanes of at least 4 members (excludes halogenated alkanes) is 3. The molecule has 0 aromatic rings. The minimum Gasteiger partial charge on any atom is -0.479 e. The molecule has 0 spiro atoms. The summed E-state index contributed by atoms with van der Waals surface area (Å²) in [5.41, 5.74) is -2.19. The zero-order chi connectivity index (χ0) is 34.0. The fourth-order valence-electron chi connectivity index (χ4n) is 5.55. The van der Waals surface area contributed by atoms with Crippen LogP contribution in [0.4, 0.5) is 4.79 Å². The number of rotatable bonds is 15. The standard InChI is InChI=1S/C31H55N5O8S/c1-8-10-11-12-13-17-31(9-2,28(39)40)33-27(38)24-16-14-19-35(24)26(37)21-32-29(41)44-25(30(5,6)7)22-34-18-15-20-36(23(3)4)45(34,42)43/h13,17,23-25H,8-12,14-16,18-22H2,1-7H3,(H,32,41)(H,33,38)(H,39,40)/b17-13-/t24-,25?,31+/m0/s1. The molecule has 14 heteroatoms. The molecule has 45 heavy (non-hydrogen) atoms. The van der Waals surface area contributed by atoms with Gasteiger partial charge >= 0.3 is 12.1 Å². The Balaban J connectivity index is 2.04. The van der Waals surface area contributed by atoms with Gasteiger partial charge in [0.25, 0.3) is 10.2 Å².